The highest BCUT2D eigenvalue weighted by atomic mass is 16.5. The van der Waals surface area contributed by atoms with E-state index in [1.54, 1.807) is 0 Å². The Hall–Kier alpha value is -4.07. The lowest BCUT2D eigenvalue weighted by Gasteiger charge is -2.26. The topological polar surface area (TPSA) is 118 Å². The van der Waals surface area contributed by atoms with Crippen molar-refractivity contribution >= 4 is 23.7 Å². The number of aliphatic carboxylic acids is 1. The first kappa shape index (κ1) is 22.7. The molecule has 2 aliphatic carbocycles. The molecule has 2 aliphatic rings. The summed E-state index contributed by atoms with van der Waals surface area (Å²) < 4.78 is 10.9. The Balaban J connectivity index is 1.19. The smallest absolute Gasteiger partial charge is 0.411 e. The molecule has 3 aromatic rings. The largest absolute Gasteiger partial charge is 0.481 e. The van der Waals surface area contributed by atoms with Crippen LogP contribution in [-0.2, 0) is 9.53 Å². The number of amides is 2. The molecular formula is C27H26N2O6. The van der Waals surface area contributed by atoms with Crippen molar-refractivity contribution < 1.29 is 28.6 Å². The number of carbonyl (C=O) groups is 3. The number of hydrogen-bond acceptors (Lipinski definition) is 5. The minimum absolute atomic E-state index is 0.0149. The number of furan rings is 1. The van der Waals surface area contributed by atoms with E-state index in [4.69, 9.17) is 14.3 Å². The lowest BCUT2D eigenvalue weighted by molar-refractivity contribution is -0.142. The van der Waals surface area contributed by atoms with E-state index in [9.17, 15) is 14.4 Å². The van der Waals surface area contributed by atoms with Crippen LogP contribution in [0.5, 0.6) is 0 Å². The van der Waals surface area contributed by atoms with E-state index < -0.39 is 18.0 Å². The molecule has 1 saturated carbocycles. The summed E-state index contributed by atoms with van der Waals surface area (Å²) >= 11 is 0. The first-order valence-electron chi connectivity index (χ1n) is 11.7. The van der Waals surface area contributed by atoms with Crippen LogP contribution in [0.2, 0.25) is 0 Å². The summed E-state index contributed by atoms with van der Waals surface area (Å²) in [5.74, 6) is -1.70. The molecule has 5 rings (SSSR count). The van der Waals surface area contributed by atoms with E-state index in [0.717, 1.165) is 22.3 Å². The third-order valence-electron chi connectivity index (χ3n) is 6.86. The molecule has 0 bridgehead atoms. The fraction of sp³-hybridized carbons (Fsp3) is 0.296. The van der Waals surface area contributed by atoms with Gasteiger partial charge in [-0.25, -0.2) is 4.79 Å². The average molecular weight is 475 g/mol. The van der Waals surface area contributed by atoms with E-state index in [-0.39, 0.29) is 35.9 Å². The first-order chi connectivity index (χ1) is 17.0. The number of nitrogens with one attached hydrogen (secondary N) is 2. The van der Waals surface area contributed by atoms with Gasteiger partial charge in [0.25, 0.3) is 5.91 Å². The molecule has 1 aromatic heterocycles. The van der Waals surface area contributed by atoms with E-state index in [1.807, 2.05) is 36.4 Å². The van der Waals surface area contributed by atoms with Crippen molar-refractivity contribution in [3.05, 3.63) is 77.7 Å². The minimum atomic E-state index is -0.796. The summed E-state index contributed by atoms with van der Waals surface area (Å²) in [4.78, 5) is 36.4. The van der Waals surface area contributed by atoms with Gasteiger partial charge in [-0.15, -0.1) is 0 Å². The number of fused-ring (bicyclic) bond motifs is 3. The Labute approximate surface area is 202 Å². The molecule has 35 heavy (non-hydrogen) atoms. The quantitative estimate of drug-likeness (QED) is 0.462. The van der Waals surface area contributed by atoms with Crippen molar-refractivity contribution in [3.8, 4) is 11.1 Å². The molecule has 0 atom stereocenters. The number of ether oxygens (including phenoxy) is 1. The Morgan fingerprint density at radius 2 is 1.54 bits per heavy atom. The molecule has 8 nitrogen and oxygen atoms in total. The fourth-order valence-corrected chi connectivity index (χ4v) is 5.06. The Bertz CT molecular complexity index is 1210. The Kier molecular flexibility index (Phi) is 6.27. The van der Waals surface area contributed by atoms with Gasteiger partial charge in [-0.1, -0.05) is 48.5 Å². The first-order valence-corrected chi connectivity index (χ1v) is 11.7. The number of carboxylic acid groups (broad SMARTS) is 1. The van der Waals surface area contributed by atoms with Gasteiger partial charge in [0.15, 0.2) is 0 Å². The number of hydrogen-bond donors (Lipinski definition) is 3. The van der Waals surface area contributed by atoms with E-state index in [1.165, 1.54) is 12.3 Å². The zero-order valence-corrected chi connectivity index (χ0v) is 19.0. The molecule has 2 aromatic carbocycles. The standard InChI is InChI=1S/C27H26N2O6/c30-25(28-17-11-9-16(10-12-17)26(31)32)24-23(13-14-34-24)29-27(33)35-15-22-20-7-3-1-5-18(20)19-6-2-4-8-21(19)22/h1-8,13-14,16-17,22H,9-12,15H2,(H,28,30)(H,29,33)(H,31,32). The van der Waals surface area contributed by atoms with Crippen LogP contribution in [0.4, 0.5) is 10.5 Å². The molecule has 8 heteroatoms. The average Bonchev–Trinajstić information content (AvgIpc) is 3.45. The summed E-state index contributed by atoms with van der Waals surface area (Å²) in [6, 6.07) is 17.5. The lowest BCUT2D eigenvalue weighted by atomic mass is 9.86. The zero-order valence-electron chi connectivity index (χ0n) is 19.0. The van der Waals surface area contributed by atoms with Crippen LogP contribution in [0.1, 0.15) is 53.3 Å². The summed E-state index contributed by atoms with van der Waals surface area (Å²) in [7, 11) is 0. The zero-order chi connectivity index (χ0) is 24.4. The van der Waals surface area contributed by atoms with Gasteiger partial charge in [0, 0.05) is 18.0 Å². The third-order valence-corrected chi connectivity index (χ3v) is 6.86. The van der Waals surface area contributed by atoms with E-state index in [2.05, 4.69) is 22.8 Å². The van der Waals surface area contributed by atoms with Gasteiger partial charge in [-0.05, 0) is 47.9 Å². The molecule has 0 unspecified atom stereocenters. The van der Waals surface area contributed by atoms with Crippen LogP contribution in [0.25, 0.3) is 11.1 Å². The van der Waals surface area contributed by atoms with Gasteiger partial charge in [0.1, 0.15) is 6.61 Å². The van der Waals surface area contributed by atoms with Crippen LogP contribution in [0, 0.1) is 5.92 Å². The van der Waals surface area contributed by atoms with Crippen molar-refractivity contribution in [1.82, 2.24) is 5.32 Å². The normalized spacial score (nSPS) is 18.9. The maximum absolute atomic E-state index is 12.7. The predicted molar refractivity (Wildman–Crippen MR) is 128 cm³/mol. The number of carbonyl (C=O) groups excluding carboxylic acids is 2. The highest BCUT2D eigenvalue weighted by molar-refractivity contribution is 6.00. The summed E-state index contributed by atoms with van der Waals surface area (Å²) in [6.45, 7) is 0.159. The van der Waals surface area contributed by atoms with Crippen LogP contribution >= 0.6 is 0 Å². The molecule has 2 amide bonds. The monoisotopic (exact) mass is 474 g/mol. The number of rotatable bonds is 6. The molecule has 1 fully saturated rings. The highest BCUT2D eigenvalue weighted by Gasteiger charge is 2.30. The SMILES string of the molecule is O=C(Nc1ccoc1C(=O)NC1CCC(C(=O)O)CC1)OCC1c2ccccc2-c2ccccc21. The summed E-state index contributed by atoms with van der Waals surface area (Å²) in [5.41, 5.74) is 4.73. The number of benzene rings is 2. The molecule has 0 aliphatic heterocycles. The van der Waals surface area contributed by atoms with Gasteiger partial charge >= 0.3 is 12.1 Å². The second-order valence-electron chi connectivity index (χ2n) is 8.97. The van der Waals surface area contributed by atoms with Gasteiger partial charge in [-0.2, -0.15) is 0 Å². The third kappa shape index (κ3) is 4.64. The number of carboxylic acids is 1. The van der Waals surface area contributed by atoms with E-state index >= 15 is 0 Å². The van der Waals surface area contributed by atoms with Crippen molar-refractivity contribution in [1.29, 1.82) is 0 Å². The highest BCUT2D eigenvalue weighted by Crippen LogP contribution is 2.44. The number of anilines is 1. The molecule has 180 valence electrons. The Morgan fingerprint density at radius 1 is 0.914 bits per heavy atom. The summed E-state index contributed by atoms with van der Waals surface area (Å²) in [5, 5.41) is 14.6. The van der Waals surface area contributed by atoms with Crippen LogP contribution in [-0.4, -0.2) is 35.7 Å². The lowest BCUT2D eigenvalue weighted by Crippen LogP contribution is -2.38. The molecule has 0 saturated heterocycles. The molecule has 1 heterocycles. The van der Waals surface area contributed by atoms with Gasteiger partial charge in [0.05, 0.1) is 17.9 Å². The second-order valence-corrected chi connectivity index (χ2v) is 8.97. The predicted octanol–water partition coefficient (Wildman–Crippen LogP) is 5.01. The Morgan fingerprint density at radius 3 is 2.17 bits per heavy atom. The fourth-order valence-electron chi connectivity index (χ4n) is 5.06. The van der Waals surface area contributed by atoms with Crippen molar-refractivity contribution in [2.24, 2.45) is 5.92 Å². The second kappa shape index (κ2) is 9.66. The maximum atomic E-state index is 12.7. The van der Waals surface area contributed by atoms with Gasteiger partial charge < -0.3 is 19.6 Å². The van der Waals surface area contributed by atoms with Gasteiger partial charge in [0.2, 0.25) is 5.76 Å². The minimum Gasteiger partial charge on any atom is -0.481 e. The van der Waals surface area contributed by atoms with E-state index in [0.29, 0.717) is 25.7 Å². The van der Waals surface area contributed by atoms with Crippen molar-refractivity contribution in [2.75, 3.05) is 11.9 Å². The molecular weight excluding hydrogens is 448 g/mol. The van der Waals surface area contributed by atoms with Crippen molar-refractivity contribution in [2.45, 2.75) is 37.6 Å². The summed E-state index contributed by atoms with van der Waals surface area (Å²) in [6.07, 6.45) is 2.85. The molecule has 3 N–H and O–H groups in total. The molecule has 0 spiro atoms. The molecule has 0 radical (unpaired) electrons. The van der Waals surface area contributed by atoms with Crippen molar-refractivity contribution in [3.63, 3.8) is 0 Å². The van der Waals surface area contributed by atoms with Crippen LogP contribution < -0.4 is 10.6 Å². The van der Waals surface area contributed by atoms with Gasteiger partial charge in [-0.3, -0.25) is 14.9 Å². The maximum Gasteiger partial charge on any atom is 0.411 e. The van der Waals surface area contributed by atoms with Crippen LogP contribution in [0.3, 0.4) is 0 Å². The van der Waals surface area contributed by atoms with Crippen LogP contribution in [0.15, 0.2) is 65.3 Å².